The maximum Gasteiger partial charge on any atom is 0.266 e. The van der Waals surface area contributed by atoms with Crippen LogP contribution in [-0.2, 0) is 0 Å². The number of pyridine rings is 1. The van der Waals surface area contributed by atoms with Crippen molar-refractivity contribution in [3.05, 3.63) is 64.4 Å². The van der Waals surface area contributed by atoms with E-state index in [1.165, 1.54) is 30.5 Å². The fraction of sp³-hybridized carbons (Fsp3) is 0.0769. The quantitative estimate of drug-likeness (QED) is 0.790. The van der Waals surface area contributed by atoms with Crippen LogP contribution in [0.2, 0.25) is 5.02 Å². The average Bonchev–Trinajstić information content (AvgIpc) is 2.38. The molecule has 0 bridgehead atoms. The van der Waals surface area contributed by atoms with Crippen LogP contribution in [0.5, 0.6) is 0 Å². The van der Waals surface area contributed by atoms with Crippen LogP contribution in [0, 0.1) is 0 Å². The van der Waals surface area contributed by atoms with Crippen molar-refractivity contribution in [2.24, 2.45) is 0 Å². The summed E-state index contributed by atoms with van der Waals surface area (Å²) < 4.78 is 25.8. The largest absolute Gasteiger partial charge is 0.287 e. The summed E-state index contributed by atoms with van der Waals surface area (Å²) in [4.78, 5) is 15.9. The number of carbonyl (C=O) groups is 1. The molecule has 0 radical (unpaired) electrons. The van der Waals surface area contributed by atoms with E-state index in [1.54, 1.807) is 12.1 Å². The highest BCUT2D eigenvalue weighted by Crippen LogP contribution is 2.31. The molecule has 0 atom stereocenters. The highest BCUT2D eigenvalue weighted by atomic mass is 35.5. The molecule has 0 saturated carbocycles. The van der Waals surface area contributed by atoms with Crippen molar-refractivity contribution in [2.45, 2.75) is 6.43 Å². The molecule has 0 amide bonds. The lowest BCUT2D eigenvalue weighted by molar-refractivity contribution is 0.102. The van der Waals surface area contributed by atoms with E-state index in [-0.39, 0.29) is 16.3 Å². The number of carbonyl (C=O) groups excluding carboxylic acids is 1. The van der Waals surface area contributed by atoms with Gasteiger partial charge in [0, 0.05) is 17.3 Å². The molecule has 0 N–H and O–H groups in total. The Hall–Kier alpha value is -1.81. The second-order valence-corrected chi connectivity index (χ2v) is 3.95. The van der Waals surface area contributed by atoms with Crippen molar-refractivity contribution in [3.63, 3.8) is 0 Å². The van der Waals surface area contributed by atoms with E-state index in [4.69, 9.17) is 11.6 Å². The minimum absolute atomic E-state index is 0.113. The topological polar surface area (TPSA) is 30.0 Å². The van der Waals surface area contributed by atoms with Crippen LogP contribution in [-0.4, -0.2) is 10.8 Å². The molecule has 5 heteroatoms. The second-order valence-electron chi connectivity index (χ2n) is 3.55. The molecular formula is C13H8ClF2NO. The molecule has 2 aromatic rings. The lowest BCUT2D eigenvalue weighted by Gasteiger charge is -2.09. The summed E-state index contributed by atoms with van der Waals surface area (Å²) in [6.45, 7) is 0. The number of hydrogen-bond donors (Lipinski definition) is 0. The molecular weight excluding hydrogens is 260 g/mol. The van der Waals surface area contributed by atoms with Gasteiger partial charge in [0.25, 0.3) is 6.43 Å². The molecule has 0 aliphatic carbocycles. The zero-order chi connectivity index (χ0) is 13.1. The number of aromatic nitrogens is 1. The fourth-order valence-electron chi connectivity index (χ4n) is 1.59. The van der Waals surface area contributed by atoms with Gasteiger partial charge in [-0.1, -0.05) is 29.8 Å². The first-order chi connectivity index (χ1) is 8.61. The maximum atomic E-state index is 12.9. The van der Waals surface area contributed by atoms with Crippen LogP contribution < -0.4 is 0 Å². The first-order valence-electron chi connectivity index (χ1n) is 5.13. The van der Waals surface area contributed by atoms with Gasteiger partial charge >= 0.3 is 0 Å². The van der Waals surface area contributed by atoms with Crippen LogP contribution >= 0.6 is 11.6 Å². The lowest BCUT2D eigenvalue weighted by atomic mass is 10.0. The van der Waals surface area contributed by atoms with Crippen molar-refractivity contribution in [1.29, 1.82) is 0 Å². The minimum Gasteiger partial charge on any atom is -0.287 e. The summed E-state index contributed by atoms with van der Waals surface area (Å²) in [7, 11) is 0. The van der Waals surface area contributed by atoms with Crippen LogP contribution in [0.15, 0.2) is 42.6 Å². The zero-order valence-corrected chi connectivity index (χ0v) is 9.86. The fourth-order valence-corrected chi connectivity index (χ4v) is 1.85. The molecule has 0 spiro atoms. The van der Waals surface area contributed by atoms with E-state index < -0.39 is 17.8 Å². The molecule has 92 valence electrons. The zero-order valence-electron chi connectivity index (χ0n) is 9.11. The lowest BCUT2D eigenvalue weighted by Crippen LogP contribution is -2.08. The van der Waals surface area contributed by atoms with E-state index in [1.807, 2.05) is 0 Å². The number of benzene rings is 1. The molecule has 18 heavy (non-hydrogen) atoms. The molecule has 1 aromatic heterocycles. The number of nitrogens with zero attached hydrogens (tertiary/aromatic N) is 1. The minimum atomic E-state index is -2.80. The molecule has 0 saturated heterocycles. The Balaban J connectivity index is 2.52. The highest BCUT2D eigenvalue weighted by molar-refractivity contribution is 6.32. The maximum absolute atomic E-state index is 12.9. The molecule has 0 aliphatic rings. The molecule has 0 unspecified atom stereocenters. The Labute approximate surface area is 107 Å². The number of halogens is 3. The van der Waals surface area contributed by atoms with E-state index in [0.29, 0.717) is 0 Å². The van der Waals surface area contributed by atoms with Crippen molar-refractivity contribution in [1.82, 2.24) is 4.98 Å². The van der Waals surface area contributed by atoms with Crippen molar-refractivity contribution in [3.8, 4) is 0 Å². The number of hydrogen-bond acceptors (Lipinski definition) is 2. The summed E-state index contributed by atoms with van der Waals surface area (Å²) in [6.07, 6.45) is -1.37. The normalized spacial score (nSPS) is 10.7. The van der Waals surface area contributed by atoms with Crippen LogP contribution in [0.4, 0.5) is 8.78 Å². The summed E-state index contributed by atoms with van der Waals surface area (Å²) >= 11 is 5.70. The van der Waals surface area contributed by atoms with Gasteiger partial charge in [-0.2, -0.15) is 0 Å². The highest BCUT2D eigenvalue weighted by Gasteiger charge is 2.22. The summed E-state index contributed by atoms with van der Waals surface area (Å²) in [6, 6.07) is 8.85. The smallest absolute Gasteiger partial charge is 0.266 e. The third-order valence-electron chi connectivity index (χ3n) is 2.41. The molecule has 1 heterocycles. The molecule has 2 nitrogen and oxygen atoms in total. The second kappa shape index (κ2) is 5.23. The third kappa shape index (κ3) is 2.38. The molecule has 0 fully saturated rings. The molecule has 0 aliphatic heterocycles. The Morgan fingerprint density at radius 3 is 2.56 bits per heavy atom. The van der Waals surface area contributed by atoms with Crippen LogP contribution in [0.3, 0.4) is 0 Å². The first kappa shape index (κ1) is 12.6. The summed E-state index contributed by atoms with van der Waals surface area (Å²) in [5.74, 6) is -0.562. The van der Waals surface area contributed by atoms with E-state index in [2.05, 4.69) is 4.98 Å². The van der Waals surface area contributed by atoms with Crippen LogP contribution in [0.1, 0.15) is 28.0 Å². The van der Waals surface area contributed by atoms with Gasteiger partial charge in [0.1, 0.15) is 5.69 Å². The van der Waals surface area contributed by atoms with Gasteiger partial charge in [-0.15, -0.1) is 0 Å². The van der Waals surface area contributed by atoms with Crippen molar-refractivity contribution >= 4 is 17.4 Å². The van der Waals surface area contributed by atoms with Gasteiger partial charge in [-0.25, -0.2) is 8.78 Å². The van der Waals surface area contributed by atoms with Gasteiger partial charge in [0.2, 0.25) is 5.78 Å². The monoisotopic (exact) mass is 267 g/mol. The summed E-state index contributed by atoms with van der Waals surface area (Å²) in [5.41, 5.74) is -0.451. The van der Waals surface area contributed by atoms with Gasteiger partial charge in [-0.3, -0.25) is 9.78 Å². The van der Waals surface area contributed by atoms with Gasteiger partial charge < -0.3 is 0 Å². The Kier molecular flexibility index (Phi) is 3.67. The summed E-state index contributed by atoms with van der Waals surface area (Å²) in [5, 5.41) is -0.119. The SMILES string of the molecule is O=C(c1ccccn1)c1cccc(Cl)c1C(F)F. The van der Waals surface area contributed by atoms with Crippen LogP contribution in [0.25, 0.3) is 0 Å². The van der Waals surface area contributed by atoms with Crippen molar-refractivity contribution < 1.29 is 13.6 Å². The van der Waals surface area contributed by atoms with Crippen molar-refractivity contribution in [2.75, 3.05) is 0 Å². The average molecular weight is 268 g/mol. The Morgan fingerprint density at radius 2 is 1.94 bits per heavy atom. The van der Waals surface area contributed by atoms with E-state index >= 15 is 0 Å². The number of ketones is 1. The Bertz CT molecular complexity index is 572. The number of alkyl halides is 2. The van der Waals surface area contributed by atoms with Gasteiger partial charge in [-0.05, 0) is 18.2 Å². The first-order valence-corrected chi connectivity index (χ1v) is 5.51. The van der Waals surface area contributed by atoms with Gasteiger partial charge in [0.05, 0.1) is 5.02 Å². The molecule has 1 aromatic carbocycles. The predicted molar refractivity (Wildman–Crippen MR) is 64.1 cm³/mol. The third-order valence-corrected chi connectivity index (χ3v) is 2.74. The molecule has 2 rings (SSSR count). The standard InChI is InChI=1S/C13H8ClF2NO/c14-9-5-3-4-8(11(9)13(15)16)12(18)10-6-1-2-7-17-10/h1-7,13H. The Morgan fingerprint density at radius 1 is 1.17 bits per heavy atom. The van der Waals surface area contributed by atoms with E-state index in [9.17, 15) is 13.6 Å². The predicted octanol–water partition coefficient (Wildman–Crippen LogP) is 3.90. The van der Waals surface area contributed by atoms with Gasteiger partial charge in [0.15, 0.2) is 0 Å². The van der Waals surface area contributed by atoms with E-state index in [0.717, 1.165) is 0 Å². The number of rotatable bonds is 3.